The van der Waals surface area contributed by atoms with Crippen LogP contribution in [0.3, 0.4) is 0 Å². The van der Waals surface area contributed by atoms with Crippen molar-refractivity contribution in [3.63, 3.8) is 0 Å². The zero-order valence-electron chi connectivity index (χ0n) is 14.3. The molecule has 1 aromatic heterocycles. The number of piperazine rings is 1. The van der Waals surface area contributed by atoms with Crippen molar-refractivity contribution >= 4 is 15.9 Å². The van der Waals surface area contributed by atoms with Crippen LogP contribution in [0.2, 0.25) is 0 Å². The topological polar surface area (TPSA) is 62.6 Å². The van der Waals surface area contributed by atoms with Crippen LogP contribution in [-0.4, -0.2) is 60.0 Å². The fourth-order valence-corrected chi connectivity index (χ4v) is 4.52. The maximum atomic E-state index is 12.6. The van der Waals surface area contributed by atoms with Crippen molar-refractivity contribution in [2.45, 2.75) is 13.3 Å². The number of benzene rings is 1. The summed E-state index contributed by atoms with van der Waals surface area (Å²) >= 11 is 0. The number of nitrogens with zero attached hydrogens (tertiary/aromatic N) is 3. The normalized spacial score (nSPS) is 16.1. The highest BCUT2D eigenvalue weighted by Gasteiger charge is 2.28. The van der Waals surface area contributed by atoms with Crippen molar-refractivity contribution in [3.8, 4) is 5.69 Å². The summed E-state index contributed by atoms with van der Waals surface area (Å²) in [6.07, 6.45) is 4.51. The third-order valence-electron chi connectivity index (χ3n) is 4.40. The second-order valence-corrected chi connectivity index (χ2v) is 8.23. The lowest BCUT2D eigenvalue weighted by molar-refractivity contribution is 0.0698. The van der Waals surface area contributed by atoms with Crippen LogP contribution >= 0.6 is 0 Å². The highest BCUT2D eigenvalue weighted by molar-refractivity contribution is 7.89. The van der Waals surface area contributed by atoms with Gasteiger partial charge < -0.3 is 9.47 Å². The SMILES string of the molecule is CCCS(=O)(=O)N1CCN(C(=O)c2ccc(-n3cccc3)cc2)CC1. The van der Waals surface area contributed by atoms with Crippen LogP contribution in [0.4, 0.5) is 0 Å². The highest BCUT2D eigenvalue weighted by Crippen LogP contribution is 2.15. The van der Waals surface area contributed by atoms with Gasteiger partial charge in [0.2, 0.25) is 10.0 Å². The number of hydrogen-bond donors (Lipinski definition) is 0. The van der Waals surface area contributed by atoms with E-state index in [4.69, 9.17) is 0 Å². The number of sulfonamides is 1. The number of carbonyl (C=O) groups excluding carboxylic acids is 1. The van der Waals surface area contributed by atoms with Crippen LogP contribution in [-0.2, 0) is 10.0 Å². The molecule has 25 heavy (non-hydrogen) atoms. The number of rotatable bonds is 5. The molecular weight excluding hydrogens is 338 g/mol. The van der Waals surface area contributed by atoms with E-state index < -0.39 is 10.0 Å². The first kappa shape index (κ1) is 17.7. The molecule has 6 nitrogen and oxygen atoms in total. The molecule has 0 radical (unpaired) electrons. The van der Waals surface area contributed by atoms with Crippen molar-refractivity contribution in [3.05, 3.63) is 54.4 Å². The van der Waals surface area contributed by atoms with Crippen molar-refractivity contribution in [2.75, 3.05) is 31.9 Å². The third kappa shape index (κ3) is 3.93. The van der Waals surface area contributed by atoms with Gasteiger partial charge in [0.15, 0.2) is 0 Å². The van der Waals surface area contributed by atoms with E-state index >= 15 is 0 Å². The van der Waals surface area contributed by atoms with E-state index in [2.05, 4.69) is 0 Å². The van der Waals surface area contributed by atoms with Crippen molar-refractivity contribution in [1.82, 2.24) is 13.8 Å². The molecular formula is C18H23N3O3S. The Morgan fingerprint density at radius 3 is 2.16 bits per heavy atom. The molecule has 0 unspecified atom stereocenters. The summed E-state index contributed by atoms with van der Waals surface area (Å²) in [6, 6.07) is 11.4. The van der Waals surface area contributed by atoms with Gasteiger partial charge in [0.25, 0.3) is 5.91 Å². The molecule has 1 aromatic carbocycles. The molecule has 0 spiro atoms. The van der Waals surface area contributed by atoms with Gasteiger partial charge in [-0.15, -0.1) is 0 Å². The monoisotopic (exact) mass is 361 g/mol. The Bertz CT molecular complexity index is 806. The van der Waals surface area contributed by atoms with E-state index in [1.165, 1.54) is 4.31 Å². The molecule has 1 aliphatic heterocycles. The quantitative estimate of drug-likeness (QED) is 0.818. The summed E-state index contributed by atoms with van der Waals surface area (Å²) in [6.45, 7) is 3.46. The van der Waals surface area contributed by atoms with Crippen LogP contribution in [0.25, 0.3) is 5.69 Å². The van der Waals surface area contributed by atoms with Gasteiger partial charge in [-0.1, -0.05) is 6.92 Å². The Kier molecular flexibility index (Phi) is 5.24. The Morgan fingerprint density at radius 1 is 1.00 bits per heavy atom. The molecule has 0 atom stereocenters. The number of amides is 1. The van der Waals surface area contributed by atoms with Crippen LogP contribution in [0.15, 0.2) is 48.8 Å². The average Bonchev–Trinajstić information content (AvgIpc) is 3.16. The summed E-state index contributed by atoms with van der Waals surface area (Å²) in [5.74, 6) is 0.119. The van der Waals surface area contributed by atoms with Crippen LogP contribution in [0, 0.1) is 0 Å². The first-order valence-electron chi connectivity index (χ1n) is 8.52. The van der Waals surface area contributed by atoms with Gasteiger partial charge in [-0.05, 0) is 42.8 Å². The standard InChI is InChI=1S/C18H23N3O3S/c1-2-15-25(23,24)21-13-11-20(12-14-21)18(22)16-5-7-17(8-6-16)19-9-3-4-10-19/h3-10H,2,11-15H2,1H3. The van der Waals surface area contributed by atoms with Crippen LogP contribution < -0.4 is 0 Å². The van der Waals surface area contributed by atoms with Crippen molar-refractivity contribution in [1.29, 1.82) is 0 Å². The molecule has 134 valence electrons. The summed E-state index contributed by atoms with van der Waals surface area (Å²) < 4.78 is 27.7. The lowest BCUT2D eigenvalue weighted by Crippen LogP contribution is -2.51. The van der Waals surface area contributed by atoms with E-state index in [9.17, 15) is 13.2 Å². The molecule has 1 fully saturated rings. The second kappa shape index (κ2) is 7.41. The zero-order chi connectivity index (χ0) is 17.9. The predicted octanol–water partition coefficient (Wildman–Crippen LogP) is 1.97. The predicted molar refractivity (Wildman–Crippen MR) is 97.3 cm³/mol. The Hall–Kier alpha value is -2.12. The maximum Gasteiger partial charge on any atom is 0.253 e. The fourth-order valence-electron chi connectivity index (χ4n) is 3.02. The highest BCUT2D eigenvalue weighted by atomic mass is 32.2. The number of carbonyl (C=O) groups is 1. The smallest absolute Gasteiger partial charge is 0.253 e. The maximum absolute atomic E-state index is 12.6. The molecule has 1 saturated heterocycles. The minimum atomic E-state index is -3.19. The van der Waals surface area contributed by atoms with Crippen molar-refractivity contribution in [2.24, 2.45) is 0 Å². The fraction of sp³-hybridized carbons (Fsp3) is 0.389. The van der Waals surface area contributed by atoms with Crippen LogP contribution in [0.1, 0.15) is 23.7 Å². The van der Waals surface area contributed by atoms with Gasteiger partial charge in [-0.3, -0.25) is 4.79 Å². The zero-order valence-corrected chi connectivity index (χ0v) is 15.2. The lowest BCUT2D eigenvalue weighted by atomic mass is 10.1. The van der Waals surface area contributed by atoms with E-state index in [1.807, 2.05) is 60.3 Å². The van der Waals surface area contributed by atoms with Gasteiger partial charge in [0.05, 0.1) is 5.75 Å². The van der Waals surface area contributed by atoms with Gasteiger partial charge in [0, 0.05) is 49.8 Å². The molecule has 1 aliphatic rings. The Morgan fingerprint density at radius 2 is 1.60 bits per heavy atom. The molecule has 0 saturated carbocycles. The number of hydrogen-bond acceptors (Lipinski definition) is 3. The molecule has 3 rings (SSSR count). The molecule has 1 amide bonds. The van der Waals surface area contributed by atoms with E-state index in [0.717, 1.165) is 5.69 Å². The van der Waals surface area contributed by atoms with E-state index in [1.54, 1.807) is 4.90 Å². The second-order valence-electron chi connectivity index (χ2n) is 6.14. The number of aromatic nitrogens is 1. The minimum absolute atomic E-state index is 0.0494. The van der Waals surface area contributed by atoms with Gasteiger partial charge in [0.1, 0.15) is 0 Å². The van der Waals surface area contributed by atoms with E-state index in [0.29, 0.717) is 38.2 Å². The minimum Gasteiger partial charge on any atom is -0.336 e. The Balaban J connectivity index is 1.63. The molecule has 2 aromatic rings. The summed E-state index contributed by atoms with van der Waals surface area (Å²) in [7, 11) is -3.19. The third-order valence-corrected chi connectivity index (χ3v) is 6.47. The molecule has 0 N–H and O–H groups in total. The average molecular weight is 361 g/mol. The molecule has 2 heterocycles. The molecule has 0 bridgehead atoms. The van der Waals surface area contributed by atoms with Gasteiger partial charge >= 0.3 is 0 Å². The van der Waals surface area contributed by atoms with Crippen LogP contribution in [0.5, 0.6) is 0 Å². The first-order chi connectivity index (χ1) is 12.0. The largest absolute Gasteiger partial charge is 0.336 e. The molecule has 0 aliphatic carbocycles. The Labute approximate surface area is 148 Å². The van der Waals surface area contributed by atoms with Gasteiger partial charge in [-0.25, -0.2) is 8.42 Å². The summed E-state index contributed by atoms with van der Waals surface area (Å²) in [4.78, 5) is 14.4. The van der Waals surface area contributed by atoms with Crippen molar-refractivity contribution < 1.29 is 13.2 Å². The summed E-state index contributed by atoms with van der Waals surface area (Å²) in [5.41, 5.74) is 1.62. The van der Waals surface area contributed by atoms with E-state index in [-0.39, 0.29) is 11.7 Å². The van der Waals surface area contributed by atoms with Gasteiger partial charge in [-0.2, -0.15) is 4.31 Å². The molecule has 7 heteroatoms. The first-order valence-corrected chi connectivity index (χ1v) is 10.1. The lowest BCUT2D eigenvalue weighted by Gasteiger charge is -2.34. The summed E-state index contributed by atoms with van der Waals surface area (Å²) in [5, 5.41) is 0.